The molecule has 9 heteroatoms. The first kappa shape index (κ1) is 17.3. The van der Waals surface area contributed by atoms with Crippen molar-refractivity contribution in [3.8, 4) is 11.3 Å². The molecule has 3 aromatic rings. The first-order valence-corrected chi connectivity index (χ1v) is 8.20. The Morgan fingerprint density at radius 2 is 1.89 bits per heavy atom. The monoisotopic (exact) mass is 377 g/mol. The van der Waals surface area contributed by atoms with Gasteiger partial charge in [0.25, 0.3) is 5.91 Å². The smallest absolute Gasteiger partial charge is 0.361 e. The highest BCUT2D eigenvalue weighted by molar-refractivity contribution is 5.92. The van der Waals surface area contributed by atoms with Gasteiger partial charge in [0.15, 0.2) is 5.69 Å². The Labute approximate surface area is 151 Å². The summed E-state index contributed by atoms with van der Waals surface area (Å²) in [6.07, 6.45) is -3.94. The molecule has 0 unspecified atom stereocenters. The zero-order valence-corrected chi connectivity index (χ0v) is 14.2. The summed E-state index contributed by atoms with van der Waals surface area (Å²) in [4.78, 5) is 14.2. The summed E-state index contributed by atoms with van der Waals surface area (Å²) in [7, 11) is 0. The molecular formula is C18H14F3N3O3. The molecule has 0 atom stereocenters. The first-order chi connectivity index (χ1) is 12.8. The van der Waals surface area contributed by atoms with Crippen LogP contribution in [-0.2, 0) is 19.1 Å². The largest absolute Gasteiger partial charge is 0.416 e. The fourth-order valence-corrected chi connectivity index (χ4v) is 3.06. The summed E-state index contributed by atoms with van der Waals surface area (Å²) >= 11 is 0. The van der Waals surface area contributed by atoms with Crippen molar-refractivity contribution < 1.29 is 27.0 Å². The van der Waals surface area contributed by atoms with Crippen LogP contribution in [0.25, 0.3) is 11.3 Å². The third-order valence-electron chi connectivity index (χ3n) is 4.45. The molecular weight excluding hydrogens is 363 g/mol. The molecule has 0 aliphatic carbocycles. The molecule has 0 saturated heterocycles. The average molecular weight is 377 g/mol. The quantitative estimate of drug-likeness (QED) is 0.678. The second kappa shape index (κ2) is 6.26. The number of aromatic nitrogens is 2. The summed E-state index contributed by atoms with van der Waals surface area (Å²) in [5.41, 5.74) is 1.10. The molecule has 2 aromatic heterocycles. The summed E-state index contributed by atoms with van der Waals surface area (Å²) in [5, 5.41) is 7.74. The number of alkyl halides is 3. The van der Waals surface area contributed by atoms with Crippen LogP contribution < -0.4 is 0 Å². The van der Waals surface area contributed by atoms with Gasteiger partial charge in [-0.1, -0.05) is 22.4 Å². The van der Waals surface area contributed by atoms with E-state index in [0.717, 1.165) is 12.1 Å². The number of benzene rings is 1. The van der Waals surface area contributed by atoms with Gasteiger partial charge in [0.2, 0.25) is 0 Å². The zero-order chi connectivity index (χ0) is 19.2. The number of aryl methyl sites for hydroxylation is 1. The molecule has 4 rings (SSSR count). The minimum Gasteiger partial charge on any atom is -0.361 e. The number of amides is 1. The summed E-state index contributed by atoms with van der Waals surface area (Å²) in [6, 6.07) is 6.26. The Hall–Kier alpha value is -3.10. The van der Waals surface area contributed by atoms with Gasteiger partial charge < -0.3 is 13.9 Å². The third kappa shape index (κ3) is 3.20. The van der Waals surface area contributed by atoms with Gasteiger partial charge in [0, 0.05) is 30.2 Å². The van der Waals surface area contributed by atoms with Gasteiger partial charge in [-0.2, -0.15) is 13.2 Å². The molecule has 27 heavy (non-hydrogen) atoms. The van der Waals surface area contributed by atoms with Crippen molar-refractivity contribution in [1.82, 2.24) is 15.2 Å². The minimum absolute atomic E-state index is 0.212. The highest BCUT2D eigenvalue weighted by Crippen LogP contribution is 2.34. The zero-order valence-electron chi connectivity index (χ0n) is 14.2. The van der Waals surface area contributed by atoms with E-state index in [1.54, 1.807) is 17.9 Å². The Morgan fingerprint density at radius 1 is 1.15 bits per heavy atom. The van der Waals surface area contributed by atoms with Crippen molar-refractivity contribution >= 4 is 5.91 Å². The molecule has 0 bridgehead atoms. The number of halogens is 3. The minimum atomic E-state index is -4.40. The second-order valence-electron chi connectivity index (χ2n) is 6.31. The lowest BCUT2D eigenvalue weighted by atomic mass is 10.00. The van der Waals surface area contributed by atoms with Crippen LogP contribution in [-0.4, -0.2) is 27.7 Å². The van der Waals surface area contributed by atoms with E-state index in [-0.39, 0.29) is 18.1 Å². The Kier molecular flexibility index (Phi) is 4.01. The fourth-order valence-electron chi connectivity index (χ4n) is 3.06. The third-order valence-corrected chi connectivity index (χ3v) is 4.45. The maximum Gasteiger partial charge on any atom is 0.416 e. The van der Waals surface area contributed by atoms with Crippen molar-refractivity contribution in [3.63, 3.8) is 0 Å². The van der Waals surface area contributed by atoms with Crippen LogP contribution in [0.3, 0.4) is 0 Å². The number of carbonyl (C=O) groups is 1. The average Bonchev–Trinajstić information content (AvgIpc) is 3.26. The molecule has 140 valence electrons. The van der Waals surface area contributed by atoms with E-state index in [0.29, 0.717) is 41.3 Å². The van der Waals surface area contributed by atoms with E-state index in [2.05, 4.69) is 10.3 Å². The topological polar surface area (TPSA) is 72.4 Å². The Bertz CT molecular complexity index is 989. The molecule has 3 heterocycles. The molecule has 0 spiro atoms. The lowest BCUT2D eigenvalue weighted by molar-refractivity contribution is -0.137. The molecule has 0 fully saturated rings. The highest BCUT2D eigenvalue weighted by atomic mass is 19.4. The predicted molar refractivity (Wildman–Crippen MR) is 86.6 cm³/mol. The first-order valence-electron chi connectivity index (χ1n) is 8.20. The van der Waals surface area contributed by atoms with Gasteiger partial charge in [-0.05, 0) is 19.1 Å². The molecule has 0 saturated carbocycles. The lowest BCUT2D eigenvalue weighted by Crippen LogP contribution is -2.35. The standard InChI is InChI=1S/C18H14F3N3O3/c1-10-8-14(22-26-10)17(25)24-7-6-15-13(9-24)16(23-27-15)11-2-4-12(5-3-11)18(19,20)21/h2-5,8H,6-7,9H2,1H3. The van der Waals surface area contributed by atoms with Crippen LogP contribution in [0.2, 0.25) is 0 Å². The van der Waals surface area contributed by atoms with Gasteiger partial charge in [0.05, 0.1) is 12.1 Å². The van der Waals surface area contributed by atoms with Gasteiger partial charge in [-0.15, -0.1) is 0 Å². The predicted octanol–water partition coefficient (Wildman–Crippen LogP) is 3.86. The van der Waals surface area contributed by atoms with E-state index < -0.39 is 11.7 Å². The normalized spacial score (nSPS) is 14.3. The second-order valence-corrected chi connectivity index (χ2v) is 6.31. The molecule has 1 aliphatic rings. The van der Waals surface area contributed by atoms with Gasteiger partial charge >= 0.3 is 6.18 Å². The lowest BCUT2D eigenvalue weighted by Gasteiger charge is -2.25. The number of carbonyl (C=O) groups excluding carboxylic acids is 1. The van der Waals surface area contributed by atoms with E-state index in [1.165, 1.54) is 12.1 Å². The molecule has 6 nitrogen and oxygen atoms in total. The summed E-state index contributed by atoms with van der Waals surface area (Å²) in [5.74, 6) is 0.883. The number of hydrogen-bond acceptors (Lipinski definition) is 5. The van der Waals surface area contributed by atoms with E-state index in [1.807, 2.05) is 0 Å². The van der Waals surface area contributed by atoms with Crippen molar-refractivity contribution in [3.05, 3.63) is 58.7 Å². The highest BCUT2D eigenvalue weighted by Gasteiger charge is 2.32. The van der Waals surface area contributed by atoms with E-state index in [9.17, 15) is 18.0 Å². The summed E-state index contributed by atoms with van der Waals surface area (Å²) in [6.45, 7) is 2.36. The Balaban J connectivity index is 1.61. The SMILES string of the molecule is Cc1cc(C(=O)N2CCc3onc(-c4ccc(C(F)(F)F)cc4)c3C2)no1. The van der Waals surface area contributed by atoms with Crippen LogP contribution in [0.4, 0.5) is 13.2 Å². The van der Waals surface area contributed by atoms with Gasteiger partial charge in [-0.25, -0.2) is 0 Å². The fraction of sp³-hybridized carbons (Fsp3) is 0.278. The van der Waals surface area contributed by atoms with E-state index in [4.69, 9.17) is 9.05 Å². The molecule has 1 aromatic carbocycles. The molecule has 0 N–H and O–H groups in total. The van der Waals surface area contributed by atoms with Crippen LogP contribution >= 0.6 is 0 Å². The van der Waals surface area contributed by atoms with Crippen LogP contribution in [0.5, 0.6) is 0 Å². The van der Waals surface area contributed by atoms with Gasteiger partial charge in [-0.3, -0.25) is 4.79 Å². The Morgan fingerprint density at radius 3 is 2.52 bits per heavy atom. The van der Waals surface area contributed by atoms with Crippen LogP contribution in [0.1, 0.15) is 33.1 Å². The molecule has 1 aliphatic heterocycles. The van der Waals surface area contributed by atoms with Crippen molar-refractivity contribution in [1.29, 1.82) is 0 Å². The molecule has 1 amide bonds. The number of fused-ring (bicyclic) bond motifs is 1. The maximum absolute atomic E-state index is 12.7. The number of hydrogen-bond donors (Lipinski definition) is 0. The van der Waals surface area contributed by atoms with Crippen LogP contribution in [0.15, 0.2) is 39.4 Å². The van der Waals surface area contributed by atoms with Crippen molar-refractivity contribution in [2.75, 3.05) is 6.54 Å². The molecule has 0 radical (unpaired) electrons. The van der Waals surface area contributed by atoms with Crippen LogP contribution in [0, 0.1) is 6.92 Å². The van der Waals surface area contributed by atoms with Crippen molar-refractivity contribution in [2.24, 2.45) is 0 Å². The maximum atomic E-state index is 12.7. The number of nitrogens with zero attached hydrogens (tertiary/aromatic N) is 3. The van der Waals surface area contributed by atoms with Gasteiger partial charge in [0.1, 0.15) is 17.2 Å². The van der Waals surface area contributed by atoms with Crippen molar-refractivity contribution in [2.45, 2.75) is 26.1 Å². The number of rotatable bonds is 2. The summed E-state index contributed by atoms with van der Waals surface area (Å²) < 4.78 is 48.5. The van der Waals surface area contributed by atoms with E-state index >= 15 is 0 Å².